The Bertz CT molecular complexity index is 862. The Morgan fingerprint density at radius 1 is 0.708 bits per heavy atom. The van der Waals surface area contributed by atoms with Crippen LogP contribution in [0.1, 0.15) is 20.7 Å². The first-order chi connectivity index (χ1) is 11.2. The van der Waals surface area contributed by atoms with Crippen LogP contribution in [0.15, 0.2) is 34.1 Å². The zero-order valence-corrected chi connectivity index (χ0v) is 13.9. The van der Waals surface area contributed by atoms with Gasteiger partial charge in [0.05, 0.1) is 24.7 Å². The van der Waals surface area contributed by atoms with Crippen LogP contribution in [0.4, 0.5) is 0 Å². The van der Waals surface area contributed by atoms with E-state index in [1.807, 2.05) is 0 Å². The van der Waals surface area contributed by atoms with E-state index >= 15 is 0 Å². The fourth-order valence-corrected chi connectivity index (χ4v) is 5.53. The summed E-state index contributed by atoms with van der Waals surface area (Å²) in [7, 11) is -9.02. The van der Waals surface area contributed by atoms with E-state index in [1.165, 1.54) is 24.3 Å². The van der Waals surface area contributed by atoms with Gasteiger partial charge in [-0.15, -0.1) is 0 Å². The number of rotatable bonds is 6. The van der Waals surface area contributed by atoms with Crippen LogP contribution in [0.3, 0.4) is 0 Å². The van der Waals surface area contributed by atoms with E-state index < -0.39 is 65.8 Å². The van der Waals surface area contributed by atoms with Gasteiger partial charge in [-0.25, -0.2) is 16.8 Å². The first kappa shape index (κ1) is 18.5. The van der Waals surface area contributed by atoms with Crippen molar-refractivity contribution in [2.24, 2.45) is 0 Å². The van der Waals surface area contributed by atoms with Crippen molar-refractivity contribution in [2.45, 2.75) is 0 Å². The Morgan fingerprint density at radius 3 is 1.33 bits per heavy atom. The average molecular weight is 374 g/mol. The summed E-state index contributed by atoms with van der Waals surface area (Å²) in [4.78, 5) is 22.8. The van der Waals surface area contributed by atoms with E-state index in [2.05, 4.69) is 0 Å². The number of aliphatic hydroxyl groups is 2. The summed E-state index contributed by atoms with van der Waals surface area (Å²) in [5, 5.41) is 17.8. The summed E-state index contributed by atoms with van der Waals surface area (Å²) in [6.07, 6.45) is 0. The van der Waals surface area contributed by atoms with Crippen molar-refractivity contribution >= 4 is 31.2 Å². The van der Waals surface area contributed by atoms with E-state index in [1.54, 1.807) is 0 Å². The molecule has 0 aliphatic heterocycles. The molecule has 0 aromatic heterocycles. The van der Waals surface area contributed by atoms with Gasteiger partial charge in [-0.1, -0.05) is 24.3 Å². The van der Waals surface area contributed by atoms with E-state index in [-0.39, 0.29) is 11.1 Å². The molecule has 130 valence electrons. The number of hydrogen-bond donors (Lipinski definition) is 2. The maximum Gasteiger partial charge on any atom is 0.206 e. The maximum atomic E-state index is 12.5. The molecule has 1 aliphatic rings. The van der Waals surface area contributed by atoms with Gasteiger partial charge in [0.1, 0.15) is 9.81 Å². The summed E-state index contributed by atoms with van der Waals surface area (Å²) in [5.41, 5.74) is -0.441. The lowest BCUT2D eigenvalue weighted by Gasteiger charge is -2.20. The molecule has 0 spiro atoms. The standard InChI is InChI=1S/C14H14O8S2/c15-5-7-23(19,20)13-11(17)9-3-1-2-4-10(9)12(18)14(13)24(21,22)8-6-16/h1-4,15-16H,5-8H2. The van der Waals surface area contributed by atoms with Gasteiger partial charge >= 0.3 is 0 Å². The van der Waals surface area contributed by atoms with Crippen LogP contribution in [0.2, 0.25) is 0 Å². The number of benzene rings is 1. The quantitative estimate of drug-likeness (QED) is 0.651. The van der Waals surface area contributed by atoms with Gasteiger partial charge in [-0.05, 0) is 0 Å². The molecule has 0 amide bonds. The number of carbonyl (C=O) groups excluding carboxylic acids is 2. The van der Waals surface area contributed by atoms with Gasteiger partial charge in [0.2, 0.25) is 11.6 Å². The van der Waals surface area contributed by atoms with Crippen molar-refractivity contribution in [3.05, 3.63) is 45.2 Å². The number of ketones is 2. The Labute approximate surface area is 138 Å². The van der Waals surface area contributed by atoms with Crippen LogP contribution in [0, 0.1) is 0 Å². The molecular formula is C14H14O8S2. The maximum absolute atomic E-state index is 12.5. The van der Waals surface area contributed by atoms with Crippen LogP contribution >= 0.6 is 0 Å². The molecule has 8 nitrogen and oxygen atoms in total. The van der Waals surface area contributed by atoms with Crippen LogP contribution in [-0.2, 0) is 19.7 Å². The molecule has 24 heavy (non-hydrogen) atoms. The summed E-state index contributed by atoms with van der Waals surface area (Å²) in [5.74, 6) is -4.03. The molecule has 0 saturated carbocycles. The Morgan fingerprint density at radius 2 is 1.04 bits per heavy atom. The zero-order chi connectivity index (χ0) is 18.1. The molecule has 10 heteroatoms. The van der Waals surface area contributed by atoms with Crippen molar-refractivity contribution in [3.63, 3.8) is 0 Å². The van der Waals surface area contributed by atoms with E-state index in [4.69, 9.17) is 10.2 Å². The first-order valence-electron chi connectivity index (χ1n) is 6.77. The Kier molecular flexibility index (Phi) is 5.04. The van der Waals surface area contributed by atoms with E-state index in [9.17, 15) is 26.4 Å². The normalized spacial score (nSPS) is 15.6. The highest BCUT2D eigenvalue weighted by Gasteiger charge is 2.43. The lowest BCUT2D eigenvalue weighted by Crippen LogP contribution is -2.33. The largest absolute Gasteiger partial charge is 0.395 e. The molecule has 0 unspecified atom stereocenters. The molecule has 0 radical (unpaired) electrons. The van der Waals surface area contributed by atoms with E-state index in [0.717, 1.165) is 0 Å². The highest BCUT2D eigenvalue weighted by atomic mass is 32.2. The third-order valence-electron chi connectivity index (χ3n) is 3.38. The van der Waals surface area contributed by atoms with Gasteiger partial charge in [0.25, 0.3) is 0 Å². The minimum Gasteiger partial charge on any atom is -0.395 e. The predicted octanol–water partition coefficient (Wildman–Crippen LogP) is -0.909. The van der Waals surface area contributed by atoms with Crippen LogP contribution in [0.5, 0.6) is 0 Å². The van der Waals surface area contributed by atoms with Gasteiger partial charge in [0.15, 0.2) is 19.7 Å². The molecule has 0 atom stereocenters. The molecule has 0 bridgehead atoms. The predicted molar refractivity (Wildman–Crippen MR) is 83.9 cm³/mol. The monoisotopic (exact) mass is 374 g/mol. The molecule has 0 fully saturated rings. The fraction of sp³-hybridized carbons (Fsp3) is 0.286. The van der Waals surface area contributed by atoms with Gasteiger partial charge in [-0.3, -0.25) is 9.59 Å². The summed E-state index contributed by atoms with van der Waals surface area (Å²) < 4.78 is 49.2. The van der Waals surface area contributed by atoms with Crippen LogP contribution in [-0.4, -0.2) is 63.3 Å². The van der Waals surface area contributed by atoms with Gasteiger partial charge < -0.3 is 10.2 Å². The highest BCUT2D eigenvalue weighted by Crippen LogP contribution is 2.32. The lowest BCUT2D eigenvalue weighted by molar-refractivity contribution is 0.0986. The molecule has 1 aromatic rings. The molecule has 2 N–H and O–H groups in total. The smallest absolute Gasteiger partial charge is 0.206 e. The molecule has 2 rings (SSSR count). The van der Waals surface area contributed by atoms with Gasteiger partial charge in [0, 0.05) is 11.1 Å². The average Bonchev–Trinajstić information content (AvgIpc) is 2.50. The van der Waals surface area contributed by atoms with Crippen molar-refractivity contribution < 1.29 is 36.6 Å². The number of allylic oxidation sites excluding steroid dienone is 2. The van der Waals surface area contributed by atoms with Crippen LogP contribution in [0.25, 0.3) is 0 Å². The third kappa shape index (κ3) is 3.05. The minimum atomic E-state index is -4.51. The second kappa shape index (κ2) is 6.55. The van der Waals surface area contributed by atoms with Crippen LogP contribution < -0.4 is 0 Å². The topological polar surface area (TPSA) is 143 Å². The summed E-state index contributed by atoms with van der Waals surface area (Å²) >= 11 is 0. The number of Topliss-reactive ketones (excluding diaryl/α,β-unsaturated/α-hetero) is 2. The fourth-order valence-electron chi connectivity index (χ4n) is 2.34. The second-order valence-electron chi connectivity index (χ2n) is 4.95. The molecule has 1 aromatic carbocycles. The number of aliphatic hydroxyl groups excluding tert-OH is 2. The number of fused-ring (bicyclic) bond motifs is 1. The number of hydrogen-bond acceptors (Lipinski definition) is 8. The highest BCUT2D eigenvalue weighted by molar-refractivity contribution is 8.00. The Hall–Kier alpha value is -1.88. The van der Waals surface area contributed by atoms with Crippen molar-refractivity contribution in [1.29, 1.82) is 0 Å². The molecule has 1 aliphatic carbocycles. The number of carbonyl (C=O) groups is 2. The van der Waals surface area contributed by atoms with Crippen molar-refractivity contribution in [2.75, 3.05) is 24.7 Å². The second-order valence-corrected chi connectivity index (χ2v) is 9.04. The van der Waals surface area contributed by atoms with Gasteiger partial charge in [-0.2, -0.15) is 0 Å². The molecular weight excluding hydrogens is 360 g/mol. The van der Waals surface area contributed by atoms with Crippen molar-refractivity contribution in [3.8, 4) is 0 Å². The SMILES string of the molecule is O=C1C(S(=O)(=O)CCO)=C(S(=O)(=O)CCO)C(=O)c2ccccc21. The lowest BCUT2D eigenvalue weighted by atomic mass is 9.94. The van der Waals surface area contributed by atoms with E-state index in [0.29, 0.717) is 0 Å². The third-order valence-corrected chi connectivity index (χ3v) is 6.97. The summed E-state index contributed by atoms with van der Waals surface area (Å²) in [6, 6.07) is 5.26. The number of sulfone groups is 2. The minimum absolute atomic E-state index is 0.220. The van der Waals surface area contributed by atoms with Crippen molar-refractivity contribution in [1.82, 2.24) is 0 Å². The first-order valence-corrected chi connectivity index (χ1v) is 10.1. The molecule has 0 saturated heterocycles. The molecule has 0 heterocycles. The Balaban J connectivity index is 2.88. The zero-order valence-electron chi connectivity index (χ0n) is 12.3. The summed E-state index contributed by atoms with van der Waals surface area (Å²) in [6.45, 7) is -1.69.